The molecule has 2 saturated heterocycles. The highest BCUT2D eigenvalue weighted by Crippen LogP contribution is 2.50. The van der Waals surface area contributed by atoms with Crippen LogP contribution in [0.2, 0.25) is 0 Å². The van der Waals surface area contributed by atoms with Gasteiger partial charge in [0.2, 0.25) is 15.9 Å². The van der Waals surface area contributed by atoms with E-state index < -0.39 is 10.0 Å². The molecular formula is C21H28N4O3S. The summed E-state index contributed by atoms with van der Waals surface area (Å²) in [6, 6.07) is 7.13. The van der Waals surface area contributed by atoms with Crippen molar-refractivity contribution >= 4 is 10.0 Å². The molecule has 2 aromatic rings. The maximum absolute atomic E-state index is 13.1. The number of hydrogen-bond acceptors (Lipinski definition) is 6. The zero-order valence-electron chi connectivity index (χ0n) is 17.0. The number of benzene rings is 1. The van der Waals surface area contributed by atoms with Crippen LogP contribution in [0.3, 0.4) is 0 Å². The molecule has 0 bridgehead atoms. The average Bonchev–Trinajstić information content (AvgIpc) is 3.35. The molecule has 1 aliphatic carbocycles. The second-order valence-electron chi connectivity index (χ2n) is 9.09. The lowest BCUT2D eigenvalue weighted by molar-refractivity contribution is 0.141. The van der Waals surface area contributed by atoms with Crippen LogP contribution in [0.1, 0.15) is 54.8 Å². The first-order valence-electron chi connectivity index (χ1n) is 10.5. The van der Waals surface area contributed by atoms with Gasteiger partial charge < -0.3 is 9.42 Å². The van der Waals surface area contributed by atoms with Gasteiger partial charge in [-0.2, -0.15) is 9.29 Å². The number of aromatic nitrogens is 2. The highest BCUT2D eigenvalue weighted by Gasteiger charge is 2.51. The van der Waals surface area contributed by atoms with Gasteiger partial charge in [0.1, 0.15) is 0 Å². The van der Waals surface area contributed by atoms with Crippen LogP contribution >= 0.6 is 0 Å². The van der Waals surface area contributed by atoms with E-state index in [2.05, 4.69) is 17.1 Å². The molecule has 3 heterocycles. The lowest BCUT2D eigenvalue weighted by atomic mass is 9.71. The molecule has 1 aromatic carbocycles. The third-order valence-corrected chi connectivity index (χ3v) is 8.80. The van der Waals surface area contributed by atoms with E-state index in [4.69, 9.17) is 9.51 Å². The van der Waals surface area contributed by atoms with E-state index in [9.17, 15) is 8.42 Å². The summed E-state index contributed by atoms with van der Waals surface area (Å²) in [5.74, 6) is 2.25. The van der Waals surface area contributed by atoms with E-state index in [1.165, 1.54) is 0 Å². The van der Waals surface area contributed by atoms with Crippen LogP contribution in [0.5, 0.6) is 0 Å². The van der Waals surface area contributed by atoms with E-state index in [-0.39, 0.29) is 11.3 Å². The maximum atomic E-state index is 13.1. The standard InChI is InChI=1S/C21H28N4O3S/c1-15-3-7-17(8-4-15)29(26,27)25-11-9-21(10-12-25)14-24(2)13-18(21)19-22-20(28-23-19)16-5-6-16/h3-4,7-8,16,18H,5-6,9-14H2,1-2H3/t18-/m1/s1. The fourth-order valence-electron chi connectivity index (χ4n) is 5.00. The first-order valence-corrected chi connectivity index (χ1v) is 11.9. The number of aryl methyl sites for hydroxylation is 1. The molecule has 5 rings (SSSR count). The van der Waals surface area contributed by atoms with Gasteiger partial charge in [-0.1, -0.05) is 22.9 Å². The summed E-state index contributed by atoms with van der Waals surface area (Å²) in [6.07, 6.45) is 3.92. The molecule has 1 aromatic heterocycles. The zero-order valence-corrected chi connectivity index (χ0v) is 17.9. The Morgan fingerprint density at radius 1 is 1.14 bits per heavy atom. The van der Waals surface area contributed by atoms with Crippen LogP contribution in [0.25, 0.3) is 0 Å². The largest absolute Gasteiger partial charge is 0.339 e. The summed E-state index contributed by atoms with van der Waals surface area (Å²) < 4.78 is 33.3. The average molecular weight is 417 g/mol. The second kappa shape index (κ2) is 6.89. The lowest BCUT2D eigenvalue weighted by Gasteiger charge is -2.41. The van der Waals surface area contributed by atoms with Crippen molar-refractivity contribution < 1.29 is 12.9 Å². The summed E-state index contributed by atoms with van der Waals surface area (Å²) in [5.41, 5.74) is 1.07. The normalized spacial score (nSPS) is 25.7. The first kappa shape index (κ1) is 19.2. The predicted octanol–water partition coefficient (Wildman–Crippen LogP) is 2.76. The number of likely N-dealkylation sites (N-methyl/N-ethyl adjacent to an activating group) is 1. The van der Waals surface area contributed by atoms with Crippen molar-refractivity contribution in [2.24, 2.45) is 5.41 Å². The summed E-state index contributed by atoms with van der Waals surface area (Å²) in [7, 11) is -1.33. The molecule has 1 saturated carbocycles. The molecule has 3 fully saturated rings. The van der Waals surface area contributed by atoms with Gasteiger partial charge in [0.15, 0.2) is 5.82 Å². The van der Waals surface area contributed by atoms with Crippen molar-refractivity contribution in [2.45, 2.75) is 49.3 Å². The van der Waals surface area contributed by atoms with Gasteiger partial charge in [0.25, 0.3) is 0 Å². The Labute approximate surface area is 172 Å². The summed E-state index contributed by atoms with van der Waals surface area (Å²) in [4.78, 5) is 7.43. The third kappa shape index (κ3) is 3.41. The van der Waals surface area contributed by atoms with Crippen molar-refractivity contribution in [3.63, 3.8) is 0 Å². The molecule has 156 valence electrons. The molecule has 0 amide bonds. The van der Waals surface area contributed by atoms with Gasteiger partial charge in [0.05, 0.1) is 4.90 Å². The number of rotatable bonds is 4. The molecule has 1 atom stereocenters. The molecule has 0 N–H and O–H groups in total. The second-order valence-corrected chi connectivity index (χ2v) is 11.0. The topological polar surface area (TPSA) is 79.5 Å². The number of hydrogen-bond donors (Lipinski definition) is 0. The highest BCUT2D eigenvalue weighted by molar-refractivity contribution is 7.89. The van der Waals surface area contributed by atoms with Gasteiger partial charge in [-0.05, 0) is 57.2 Å². The van der Waals surface area contributed by atoms with Gasteiger partial charge in [0, 0.05) is 38.0 Å². The van der Waals surface area contributed by atoms with Crippen LogP contribution in [0.4, 0.5) is 0 Å². The molecule has 3 aliphatic rings. The smallest absolute Gasteiger partial charge is 0.243 e. The van der Waals surface area contributed by atoms with Crippen molar-refractivity contribution in [2.75, 3.05) is 33.2 Å². The number of nitrogens with zero attached hydrogens (tertiary/aromatic N) is 4. The molecule has 0 radical (unpaired) electrons. The minimum absolute atomic E-state index is 0.0126. The monoisotopic (exact) mass is 416 g/mol. The Morgan fingerprint density at radius 3 is 2.48 bits per heavy atom. The quantitative estimate of drug-likeness (QED) is 0.763. The molecule has 29 heavy (non-hydrogen) atoms. The lowest BCUT2D eigenvalue weighted by Crippen LogP contribution is -2.46. The summed E-state index contributed by atoms with van der Waals surface area (Å²) in [6.45, 7) is 4.88. The molecule has 0 unspecified atom stereocenters. The van der Waals surface area contributed by atoms with Crippen LogP contribution < -0.4 is 0 Å². The zero-order chi connectivity index (χ0) is 20.2. The fourth-order valence-corrected chi connectivity index (χ4v) is 6.44. The number of likely N-dealkylation sites (tertiary alicyclic amines) is 1. The molecule has 7 nitrogen and oxygen atoms in total. The fraction of sp³-hybridized carbons (Fsp3) is 0.619. The Morgan fingerprint density at radius 2 is 1.83 bits per heavy atom. The van der Waals surface area contributed by atoms with Crippen molar-refractivity contribution in [1.82, 2.24) is 19.3 Å². The van der Waals surface area contributed by atoms with Crippen LogP contribution in [0.15, 0.2) is 33.7 Å². The van der Waals surface area contributed by atoms with Crippen LogP contribution in [-0.4, -0.2) is 61.0 Å². The highest BCUT2D eigenvalue weighted by atomic mass is 32.2. The Bertz CT molecular complexity index is 989. The van der Waals surface area contributed by atoms with Crippen molar-refractivity contribution in [3.8, 4) is 0 Å². The van der Waals surface area contributed by atoms with E-state index in [0.717, 1.165) is 56.1 Å². The molecule has 1 spiro atoms. The van der Waals surface area contributed by atoms with Gasteiger partial charge in [-0.15, -0.1) is 0 Å². The molecular weight excluding hydrogens is 388 g/mol. The number of piperidine rings is 1. The molecule has 8 heteroatoms. The van der Waals surface area contributed by atoms with Gasteiger partial charge in [-0.25, -0.2) is 8.42 Å². The first-order chi connectivity index (χ1) is 13.9. The van der Waals surface area contributed by atoms with E-state index >= 15 is 0 Å². The van der Waals surface area contributed by atoms with E-state index in [1.807, 2.05) is 19.1 Å². The van der Waals surface area contributed by atoms with E-state index in [0.29, 0.717) is 23.9 Å². The Balaban J connectivity index is 1.35. The Hall–Kier alpha value is -1.77. The summed E-state index contributed by atoms with van der Waals surface area (Å²) in [5, 5.41) is 4.32. The van der Waals surface area contributed by atoms with Crippen LogP contribution in [-0.2, 0) is 10.0 Å². The third-order valence-electron chi connectivity index (χ3n) is 6.89. The van der Waals surface area contributed by atoms with Gasteiger partial charge >= 0.3 is 0 Å². The SMILES string of the molecule is Cc1ccc(S(=O)(=O)N2CCC3(CC2)CN(C)C[C@@H]3c2noc(C3CC3)n2)cc1. The van der Waals surface area contributed by atoms with E-state index in [1.54, 1.807) is 16.4 Å². The van der Waals surface area contributed by atoms with Crippen LogP contribution in [0, 0.1) is 12.3 Å². The Kier molecular flexibility index (Phi) is 4.56. The molecule has 2 aliphatic heterocycles. The maximum Gasteiger partial charge on any atom is 0.243 e. The minimum Gasteiger partial charge on any atom is -0.339 e. The number of sulfonamides is 1. The van der Waals surface area contributed by atoms with Crippen molar-refractivity contribution in [3.05, 3.63) is 41.5 Å². The summed E-state index contributed by atoms with van der Waals surface area (Å²) >= 11 is 0. The predicted molar refractivity (Wildman–Crippen MR) is 108 cm³/mol. The van der Waals surface area contributed by atoms with Crippen molar-refractivity contribution in [1.29, 1.82) is 0 Å². The van der Waals surface area contributed by atoms with Gasteiger partial charge in [-0.3, -0.25) is 0 Å². The minimum atomic E-state index is -3.45.